The minimum absolute atomic E-state index is 0.146. The van der Waals surface area contributed by atoms with Gasteiger partial charge >= 0.3 is 11.9 Å². The Bertz CT molecular complexity index is 534. The highest BCUT2D eigenvalue weighted by molar-refractivity contribution is 6.15. The minimum Gasteiger partial charge on any atom is -0.480 e. The lowest BCUT2D eigenvalue weighted by atomic mass is 9.84. The largest absolute Gasteiger partial charge is 0.480 e. The molecule has 0 aliphatic carbocycles. The fourth-order valence-electron chi connectivity index (χ4n) is 1.60. The van der Waals surface area contributed by atoms with Crippen LogP contribution < -0.4 is 0 Å². The fraction of sp³-hybridized carbons (Fsp3) is 0.167. The molecule has 0 saturated carbocycles. The second kappa shape index (κ2) is 4.40. The maximum Gasteiger partial charge on any atom is 0.326 e. The summed E-state index contributed by atoms with van der Waals surface area (Å²) in [4.78, 5) is 30.1. The van der Waals surface area contributed by atoms with E-state index in [4.69, 9.17) is 10.2 Å². The lowest BCUT2D eigenvalue weighted by Gasteiger charge is -2.21. The molecule has 0 spiro atoms. The fourth-order valence-corrected chi connectivity index (χ4v) is 1.60. The zero-order valence-electron chi connectivity index (χ0n) is 9.28. The van der Waals surface area contributed by atoms with Gasteiger partial charge in [0.2, 0.25) is 5.41 Å². The molecule has 1 aromatic heterocycles. The van der Waals surface area contributed by atoms with Gasteiger partial charge < -0.3 is 10.2 Å². The number of carbonyl (C=O) groups is 2. The third-order valence-corrected chi connectivity index (χ3v) is 2.73. The quantitative estimate of drug-likeness (QED) is 0.776. The lowest BCUT2D eigenvalue weighted by Crippen LogP contribution is -2.41. The number of aliphatic carboxylic acids is 2. The number of hydrogen-bond acceptors (Lipinski definition) is 4. The zero-order valence-corrected chi connectivity index (χ0v) is 9.28. The third kappa shape index (κ3) is 1.88. The van der Waals surface area contributed by atoms with E-state index < -0.39 is 17.4 Å². The van der Waals surface area contributed by atoms with E-state index in [2.05, 4.69) is 9.98 Å². The molecule has 0 amide bonds. The van der Waals surface area contributed by atoms with E-state index in [1.54, 1.807) is 24.4 Å². The number of rotatable bonds is 3. The van der Waals surface area contributed by atoms with Gasteiger partial charge in [-0.1, -0.05) is 12.1 Å². The molecule has 0 atom stereocenters. The van der Waals surface area contributed by atoms with E-state index in [0.717, 1.165) is 6.21 Å². The third-order valence-electron chi connectivity index (χ3n) is 2.73. The van der Waals surface area contributed by atoms with Crippen LogP contribution >= 0.6 is 0 Å². The molecule has 2 N–H and O–H groups in total. The summed E-state index contributed by atoms with van der Waals surface area (Å²) in [6.07, 6.45) is 3.88. The van der Waals surface area contributed by atoms with Crippen molar-refractivity contribution < 1.29 is 19.8 Å². The standard InChI is InChI=1S/C12H10N2O4/c15-10(16)12(11(17)18)5-4-9(14-7-12)8-3-1-2-6-13-8/h1-4,6-7H,5H2,(H,15,16)(H,17,18). The maximum absolute atomic E-state index is 11.0. The van der Waals surface area contributed by atoms with Crippen molar-refractivity contribution in [3.05, 3.63) is 36.2 Å². The summed E-state index contributed by atoms with van der Waals surface area (Å²) in [6, 6.07) is 5.24. The first-order valence-electron chi connectivity index (χ1n) is 5.20. The highest BCUT2D eigenvalue weighted by Gasteiger charge is 2.45. The van der Waals surface area contributed by atoms with Gasteiger partial charge in [0.25, 0.3) is 0 Å². The minimum atomic E-state index is -1.97. The van der Waals surface area contributed by atoms with Crippen molar-refractivity contribution in [1.82, 2.24) is 4.98 Å². The zero-order chi connectivity index (χ0) is 13.2. The van der Waals surface area contributed by atoms with Gasteiger partial charge in [0.15, 0.2) is 0 Å². The molecule has 92 valence electrons. The van der Waals surface area contributed by atoms with Crippen molar-refractivity contribution in [2.24, 2.45) is 10.4 Å². The SMILES string of the molecule is O=C(O)C1(C(=O)O)C=NC(c2ccccn2)=CC1. The Labute approximate surface area is 102 Å². The summed E-state index contributed by atoms with van der Waals surface area (Å²) in [6.45, 7) is 0. The second-order valence-corrected chi connectivity index (χ2v) is 3.85. The first-order valence-corrected chi connectivity index (χ1v) is 5.20. The number of pyridine rings is 1. The van der Waals surface area contributed by atoms with Crippen LogP contribution in [0.5, 0.6) is 0 Å². The van der Waals surface area contributed by atoms with Crippen LogP contribution in [0.15, 0.2) is 35.5 Å². The van der Waals surface area contributed by atoms with Crippen LogP contribution in [-0.4, -0.2) is 33.4 Å². The summed E-state index contributed by atoms with van der Waals surface area (Å²) >= 11 is 0. The molecule has 6 nitrogen and oxygen atoms in total. The predicted molar refractivity (Wildman–Crippen MR) is 63.0 cm³/mol. The molecular weight excluding hydrogens is 236 g/mol. The Morgan fingerprint density at radius 3 is 2.39 bits per heavy atom. The molecule has 0 bridgehead atoms. The number of allylic oxidation sites excluding steroid dienone is 1. The molecule has 2 heterocycles. The second-order valence-electron chi connectivity index (χ2n) is 3.85. The van der Waals surface area contributed by atoms with E-state index in [0.29, 0.717) is 11.4 Å². The highest BCUT2D eigenvalue weighted by Crippen LogP contribution is 2.29. The van der Waals surface area contributed by atoms with E-state index in [1.165, 1.54) is 6.08 Å². The average Bonchev–Trinajstić information content (AvgIpc) is 2.39. The van der Waals surface area contributed by atoms with Crippen LogP contribution in [0.3, 0.4) is 0 Å². The molecule has 1 aromatic rings. The molecule has 6 heteroatoms. The molecule has 18 heavy (non-hydrogen) atoms. The first-order chi connectivity index (χ1) is 8.56. The van der Waals surface area contributed by atoms with Gasteiger partial charge in [-0.3, -0.25) is 19.6 Å². The van der Waals surface area contributed by atoms with E-state index >= 15 is 0 Å². The van der Waals surface area contributed by atoms with Crippen molar-refractivity contribution in [1.29, 1.82) is 0 Å². The molecule has 0 saturated heterocycles. The Morgan fingerprint density at radius 2 is 1.94 bits per heavy atom. The van der Waals surface area contributed by atoms with Crippen LogP contribution in [0, 0.1) is 5.41 Å². The van der Waals surface area contributed by atoms with Gasteiger partial charge in [0, 0.05) is 12.4 Å². The van der Waals surface area contributed by atoms with Crippen molar-refractivity contribution in [2.75, 3.05) is 0 Å². The van der Waals surface area contributed by atoms with Crippen molar-refractivity contribution in [3.8, 4) is 0 Å². The summed E-state index contributed by atoms with van der Waals surface area (Å²) in [5.41, 5.74) is -0.912. The normalized spacial score (nSPS) is 17.0. The summed E-state index contributed by atoms with van der Waals surface area (Å²) in [5.74, 6) is -2.84. The van der Waals surface area contributed by atoms with Crippen LogP contribution in [-0.2, 0) is 9.59 Å². The number of nitrogens with zero attached hydrogens (tertiary/aromatic N) is 2. The van der Waals surface area contributed by atoms with Crippen molar-refractivity contribution in [3.63, 3.8) is 0 Å². The van der Waals surface area contributed by atoms with Crippen molar-refractivity contribution >= 4 is 23.9 Å². The molecule has 1 aliphatic heterocycles. The van der Waals surface area contributed by atoms with Gasteiger partial charge in [0.1, 0.15) is 0 Å². The van der Waals surface area contributed by atoms with Gasteiger partial charge in [-0.05, 0) is 18.6 Å². The van der Waals surface area contributed by atoms with E-state index in [9.17, 15) is 9.59 Å². The van der Waals surface area contributed by atoms with Crippen LogP contribution in [0.4, 0.5) is 0 Å². The number of hydrogen-bond donors (Lipinski definition) is 2. The maximum atomic E-state index is 11.0. The summed E-state index contributed by atoms with van der Waals surface area (Å²) < 4.78 is 0. The number of carboxylic acid groups (broad SMARTS) is 2. The Morgan fingerprint density at radius 1 is 1.22 bits per heavy atom. The van der Waals surface area contributed by atoms with Crippen LogP contribution in [0.25, 0.3) is 5.70 Å². The predicted octanol–water partition coefficient (Wildman–Crippen LogP) is 1.05. The van der Waals surface area contributed by atoms with Crippen molar-refractivity contribution in [2.45, 2.75) is 6.42 Å². The Hall–Kier alpha value is -2.50. The Kier molecular flexibility index (Phi) is 2.93. The van der Waals surface area contributed by atoms with Gasteiger partial charge in [-0.2, -0.15) is 0 Å². The summed E-state index contributed by atoms with van der Waals surface area (Å²) in [7, 11) is 0. The smallest absolute Gasteiger partial charge is 0.326 e. The molecule has 2 rings (SSSR count). The molecular formula is C12H10N2O4. The Balaban J connectivity index is 2.31. The van der Waals surface area contributed by atoms with Crippen LogP contribution in [0.1, 0.15) is 12.1 Å². The molecule has 0 radical (unpaired) electrons. The highest BCUT2D eigenvalue weighted by atomic mass is 16.4. The van der Waals surface area contributed by atoms with Crippen LogP contribution in [0.2, 0.25) is 0 Å². The van der Waals surface area contributed by atoms with E-state index in [1.807, 2.05) is 0 Å². The number of aliphatic imine (C=N–C) groups is 1. The topological polar surface area (TPSA) is 99.8 Å². The van der Waals surface area contributed by atoms with Gasteiger partial charge in [-0.25, -0.2) is 0 Å². The number of aromatic nitrogens is 1. The van der Waals surface area contributed by atoms with Gasteiger partial charge in [-0.15, -0.1) is 0 Å². The average molecular weight is 246 g/mol. The molecule has 0 fully saturated rings. The molecule has 0 unspecified atom stereocenters. The lowest BCUT2D eigenvalue weighted by molar-refractivity contribution is -0.158. The van der Waals surface area contributed by atoms with E-state index in [-0.39, 0.29) is 6.42 Å². The molecule has 0 aromatic carbocycles. The number of carboxylic acids is 2. The molecule has 1 aliphatic rings. The first kappa shape index (κ1) is 12.0. The summed E-state index contributed by atoms with van der Waals surface area (Å²) in [5, 5.41) is 18.0. The monoisotopic (exact) mass is 246 g/mol. The van der Waals surface area contributed by atoms with Gasteiger partial charge in [0.05, 0.1) is 11.4 Å².